The van der Waals surface area contributed by atoms with E-state index in [2.05, 4.69) is 19.2 Å². The Morgan fingerprint density at radius 3 is 2.05 bits per heavy atom. The van der Waals surface area contributed by atoms with E-state index < -0.39 is 5.54 Å². The van der Waals surface area contributed by atoms with E-state index >= 15 is 0 Å². The third-order valence-corrected chi connectivity index (χ3v) is 4.03. The van der Waals surface area contributed by atoms with Crippen molar-refractivity contribution in [3.63, 3.8) is 0 Å². The van der Waals surface area contributed by atoms with Crippen molar-refractivity contribution < 1.29 is 9.59 Å². The van der Waals surface area contributed by atoms with Crippen LogP contribution in [0.1, 0.15) is 60.3 Å². The van der Waals surface area contributed by atoms with Crippen molar-refractivity contribution in [1.82, 2.24) is 10.2 Å². The van der Waals surface area contributed by atoms with Crippen LogP contribution in [0.3, 0.4) is 0 Å². The Kier molecular flexibility index (Phi) is 9.26. The molecule has 21 heavy (non-hydrogen) atoms. The fourth-order valence-electron chi connectivity index (χ4n) is 2.09. The predicted molar refractivity (Wildman–Crippen MR) is 86.8 cm³/mol. The second-order valence-corrected chi connectivity index (χ2v) is 6.21. The summed E-state index contributed by atoms with van der Waals surface area (Å²) in [5, 5.41) is 2.97. The predicted octanol–water partition coefficient (Wildman–Crippen LogP) is 1.90. The molecule has 5 heteroatoms. The highest BCUT2D eigenvalue weighted by atomic mass is 16.2. The lowest BCUT2D eigenvalue weighted by molar-refractivity contribution is -0.134. The van der Waals surface area contributed by atoms with E-state index in [0.717, 1.165) is 25.9 Å². The van der Waals surface area contributed by atoms with Gasteiger partial charge in [0.15, 0.2) is 0 Å². The average molecular weight is 299 g/mol. The van der Waals surface area contributed by atoms with Crippen LogP contribution in [0.25, 0.3) is 0 Å². The molecule has 0 aliphatic heterocycles. The van der Waals surface area contributed by atoms with Gasteiger partial charge in [-0.15, -0.1) is 0 Å². The molecule has 0 saturated heterocycles. The van der Waals surface area contributed by atoms with E-state index in [0.29, 0.717) is 6.54 Å². The first-order chi connectivity index (χ1) is 9.80. The monoisotopic (exact) mass is 299 g/mol. The van der Waals surface area contributed by atoms with E-state index in [1.165, 1.54) is 0 Å². The lowest BCUT2D eigenvalue weighted by atomic mass is 9.88. The number of nitrogens with one attached hydrogen (secondary N) is 1. The van der Waals surface area contributed by atoms with Crippen LogP contribution in [-0.4, -0.2) is 41.9 Å². The van der Waals surface area contributed by atoms with Gasteiger partial charge in [0.25, 0.3) is 0 Å². The summed E-state index contributed by atoms with van der Waals surface area (Å²) < 4.78 is 0. The summed E-state index contributed by atoms with van der Waals surface area (Å²) in [6.45, 7) is 12.0. The van der Waals surface area contributed by atoms with Crippen molar-refractivity contribution >= 4 is 11.8 Å². The van der Waals surface area contributed by atoms with Gasteiger partial charge < -0.3 is 16.0 Å². The van der Waals surface area contributed by atoms with Crippen LogP contribution in [-0.2, 0) is 9.59 Å². The van der Waals surface area contributed by atoms with Crippen LogP contribution in [0.5, 0.6) is 0 Å². The van der Waals surface area contributed by atoms with Crippen molar-refractivity contribution in [2.24, 2.45) is 11.7 Å². The van der Waals surface area contributed by atoms with Crippen molar-refractivity contribution in [3.8, 4) is 0 Å². The highest BCUT2D eigenvalue weighted by molar-refractivity contribution is 5.84. The fourth-order valence-corrected chi connectivity index (χ4v) is 2.09. The molecule has 0 aromatic carbocycles. The van der Waals surface area contributed by atoms with Gasteiger partial charge in [-0.25, -0.2) is 0 Å². The lowest BCUT2D eigenvalue weighted by Gasteiger charge is -2.33. The first-order valence-electron chi connectivity index (χ1n) is 8.09. The Bertz CT molecular complexity index is 325. The highest BCUT2D eigenvalue weighted by Gasteiger charge is 2.28. The Morgan fingerprint density at radius 2 is 1.67 bits per heavy atom. The van der Waals surface area contributed by atoms with E-state index in [4.69, 9.17) is 5.73 Å². The zero-order valence-electron chi connectivity index (χ0n) is 14.4. The maximum absolute atomic E-state index is 12.1. The molecule has 124 valence electrons. The normalized spacial score (nSPS) is 13.9. The van der Waals surface area contributed by atoms with Gasteiger partial charge in [0.2, 0.25) is 11.8 Å². The number of nitrogens with two attached hydrogens (primary N) is 1. The molecule has 0 aromatic heterocycles. The van der Waals surface area contributed by atoms with E-state index in [1.54, 1.807) is 0 Å². The molecular weight excluding hydrogens is 266 g/mol. The first kappa shape index (κ1) is 19.9. The molecule has 0 fully saturated rings. The van der Waals surface area contributed by atoms with E-state index in [-0.39, 0.29) is 30.6 Å². The van der Waals surface area contributed by atoms with E-state index in [1.807, 2.05) is 25.7 Å². The summed E-state index contributed by atoms with van der Waals surface area (Å²) in [4.78, 5) is 26.0. The maximum atomic E-state index is 12.1. The minimum Gasteiger partial charge on any atom is -0.349 e. The molecule has 0 bridgehead atoms. The van der Waals surface area contributed by atoms with Gasteiger partial charge in [0.05, 0.1) is 5.54 Å². The quantitative estimate of drug-likeness (QED) is 0.647. The highest BCUT2D eigenvalue weighted by Crippen LogP contribution is 2.15. The third kappa shape index (κ3) is 6.93. The van der Waals surface area contributed by atoms with Crippen LogP contribution in [0.4, 0.5) is 0 Å². The van der Waals surface area contributed by atoms with Gasteiger partial charge in [-0.1, -0.05) is 27.7 Å². The molecule has 0 aromatic rings. The summed E-state index contributed by atoms with van der Waals surface area (Å²) >= 11 is 0. The van der Waals surface area contributed by atoms with Crippen LogP contribution < -0.4 is 11.1 Å². The molecule has 1 atom stereocenters. The Balaban J connectivity index is 4.37. The van der Waals surface area contributed by atoms with Crippen molar-refractivity contribution in [1.29, 1.82) is 0 Å². The summed E-state index contributed by atoms with van der Waals surface area (Å²) in [6.07, 6.45) is 2.38. The molecule has 3 N–H and O–H groups in total. The topological polar surface area (TPSA) is 75.4 Å². The smallest absolute Gasteiger partial charge is 0.223 e. The number of carbonyl (C=O) groups excluding carboxylic acids is 2. The standard InChI is InChI=1S/C16H33N3O2/c1-6-10-19(11-7-2)15(21)9-8-14(20)18-16(5,12-17)13(3)4/h13H,6-12,17H2,1-5H3,(H,18,20). The number of carbonyl (C=O) groups is 2. The summed E-state index contributed by atoms with van der Waals surface area (Å²) in [6, 6.07) is 0. The minimum atomic E-state index is -0.410. The molecule has 0 aliphatic rings. The fraction of sp³-hybridized carbons (Fsp3) is 0.875. The average Bonchev–Trinajstić information content (AvgIpc) is 2.44. The maximum Gasteiger partial charge on any atom is 0.223 e. The van der Waals surface area contributed by atoms with Gasteiger partial charge in [-0.05, 0) is 25.7 Å². The van der Waals surface area contributed by atoms with Gasteiger partial charge in [-0.3, -0.25) is 9.59 Å². The van der Waals surface area contributed by atoms with Crippen molar-refractivity contribution in [2.75, 3.05) is 19.6 Å². The Morgan fingerprint density at radius 1 is 1.14 bits per heavy atom. The Hall–Kier alpha value is -1.10. The Labute approximate surface area is 129 Å². The molecule has 0 spiro atoms. The van der Waals surface area contributed by atoms with Gasteiger partial charge in [-0.2, -0.15) is 0 Å². The van der Waals surface area contributed by atoms with Gasteiger partial charge in [0, 0.05) is 32.5 Å². The molecule has 0 rings (SSSR count). The second-order valence-electron chi connectivity index (χ2n) is 6.21. The number of hydrogen-bond acceptors (Lipinski definition) is 3. The van der Waals surface area contributed by atoms with Crippen LogP contribution in [0.2, 0.25) is 0 Å². The molecule has 5 nitrogen and oxygen atoms in total. The zero-order valence-corrected chi connectivity index (χ0v) is 14.4. The number of nitrogens with zero attached hydrogens (tertiary/aromatic N) is 1. The second kappa shape index (κ2) is 9.77. The molecule has 2 amide bonds. The molecule has 1 unspecified atom stereocenters. The van der Waals surface area contributed by atoms with Crippen molar-refractivity contribution in [2.45, 2.75) is 65.8 Å². The molecule has 0 saturated carbocycles. The van der Waals surface area contributed by atoms with Gasteiger partial charge >= 0.3 is 0 Å². The summed E-state index contributed by atoms with van der Waals surface area (Å²) in [7, 11) is 0. The molecule has 0 heterocycles. The number of amides is 2. The van der Waals surface area contributed by atoms with E-state index in [9.17, 15) is 9.59 Å². The van der Waals surface area contributed by atoms with Crippen LogP contribution >= 0.6 is 0 Å². The zero-order chi connectivity index (χ0) is 16.5. The van der Waals surface area contributed by atoms with Crippen LogP contribution in [0.15, 0.2) is 0 Å². The van der Waals surface area contributed by atoms with Gasteiger partial charge in [0.1, 0.15) is 0 Å². The SMILES string of the molecule is CCCN(CCC)C(=O)CCC(=O)NC(C)(CN)C(C)C. The number of rotatable bonds is 10. The molecule has 0 aliphatic carbocycles. The summed E-state index contributed by atoms with van der Waals surface area (Å²) in [5.41, 5.74) is 5.34. The van der Waals surface area contributed by atoms with Crippen LogP contribution in [0, 0.1) is 5.92 Å². The summed E-state index contributed by atoms with van der Waals surface area (Å²) in [5.74, 6) is 0.213. The molecular formula is C16H33N3O2. The molecule has 0 radical (unpaired) electrons. The largest absolute Gasteiger partial charge is 0.349 e. The third-order valence-electron chi connectivity index (χ3n) is 4.03. The number of hydrogen-bond donors (Lipinski definition) is 2. The lowest BCUT2D eigenvalue weighted by Crippen LogP contribution is -2.55. The van der Waals surface area contributed by atoms with Crippen molar-refractivity contribution in [3.05, 3.63) is 0 Å². The minimum absolute atomic E-state index is 0.0628. The first-order valence-corrected chi connectivity index (χ1v) is 8.09.